The highest BCUT2D eigenvalue weighted by Gasteiger charge is 2.19. The van der Waals surface area contributed by atoms with E-state index in [0.717, 1.165) is 27.8 Å². The third-order valence-corrected chi connectivity index (χ3v) is 4.74. The highest BCUT2D eigenvalue weighted by Crippen LogP contribution is 2.27. The van der Waals surface area contributed by atoms with E-state index < -0.39 is 10.8 Å². The molecule has 4 aromatic rings. The average molecular weight is 387 g/mol. The number of nitro groups is 1. The van der Waals surface area contributed by atoms with Crippen molar-refractivity contribution in [3.63, 3.8) is 0 Å². The van der Waals surface area contributed by atoms with Gasteiger partial charge in [0.05, 0.1) is 4.92 Å². The zero-order chi connectivity index (χ0) is 20.5. The Morgan fingerprint density at radius 2 is 1.72 bits per heavy atom. The van der Waals surface area contributed by atoms with Gasteiger partial charge in [0, 0.05) is 17.3 Å². The number of nitro benzene ring substituents is 1. The van der Waals surface area contributed by atoms with Crippen molar-refractivity contribution in [3.8, 4) is 11.5 Å². The van der Waals surface area contributed by atoms with Crippen LogP contribution in [0.25, 0.3) is 22.6 Å². The molecule has 3 aromatic carbocycles. The highest BCUT2D eigenvalue weighted by molar-refractivity contribution is 6.07. The van der Waals surface area contributed by atoms with Crippen LogP contribution in [0.4, 0.5) is 11.4 Å². The molecule has 0 aliphatic heterocycles. The summed E-state index contributed by atoms with van der Waals surface area (Å²) in [7, 11) is 0. The number of nitrogens with zero attached hydrogens (tertiary/aromatic N) is 2. The molecule has 0 saturated carbocycles. The largest absolute Gasteiger partial charge is 0.436 e. The maximum absolute atomic E-state index is 12.4. The number of fused-ring (bicyclic) bond motifs is 1. The minimum absolute atomic E-state index is 0.00580. The maximum atomic E-state index is 12.4. The van der Waals surface area contributed by atoms with Gasteiger partial charge in [-0.2, -0.15) is 0 Å². The smallest absolute Gasteiger partial charge is 0.282 e. The Bertz CT molecular complexity index is 1200. The van der Waals surface area contributed by atoms with E-state index in [-0.39, 0.29) is 11.3 Å². The summed E-state index contributed by atoms with van der Waals surface area (Å²) in [4.78, 5) is 27.5. The summed E-state index contributed by atoms with van der Waals surface area (Å²) in [5.74, 6) is -0.0561. The number of rotatable bonds is 4. The van der Waals surface area contributed by atoms with E-state index in [1.807, 2.05) is 26.0 Å². The number of para-hydroxylation sites is 1. The van der Waals surface area contributed by atoms with Crippen LogP contribution < -0.4 is 5.32 Å². The van der Waals surface area contributed by atoms with Crippen LogP contribution in [0.1, 0.15) is 21.5 Å². The van der Waals surface area contributed by atoms with Gasteiger partial charge in [-0.05, 0) is 67.4 Å². The Morgan fingerprint density at radius 3 is 2.45 bits per heavy atom. The first-order valence-corrected chi connectivity index (χ1v) is 8.95. The zero-order valence-electron chi connectivity index (χ0n) is 15.8. The molecule has 144 valence electrons. The summed E-state index contributed by atoms with van der Waals surface area (Å²) in [5.41, 5.74) is 4.83. The summed E-state index contributed by atoms with van der Waals surface area (Å²) in [6, 6.07) is 16.7. The molecular formula is C22H17N3O4. The van der Waals surface area contributed by atoms with Crippen LogP contribution >= 0.6 is 0 Å². The van der Waals surface area contributed by atoms with Crippen LogP contribution in [0.15, 0.2) is 65.1 Å². The number of oxazole rings is 1. The van der Waals surface area contributed by atoms with Crippen molar-refractivity contribution in [2.75, 3.05) is 5.32 Å². The minimum Gasteiger partial charge on any atom is -0.436 e. The summed E-state index contributed by atoms with van der Waals surface area (Å²) in [6.07, 6.45) is 0. The van der Waals surface area contributed by atoms with Crippen LogP contribution in [0.3, 0.4) is 0 Å². The molecule has 0 unspecified atom stereocenters. The fourth-order valence-corrected chi connectivity index (χ4v) is 3.02. The minimum atomic E-state index is -0.575. The first-order valence-electron chi connectivity index (χ1n) is 8.95. The van der Waals surface area contributed by atoms with E-state index in [2.05, 4.69) is 10.3 Å². The quantitative estimate of drug-likeness (QED) is 0.380. The standard InChI is InChI=1S/C22H17N3O4/c1-13-11-18-20(12-14(13)2)29-22(24-18)15-7-9-16(10-8-15)23-21(26)17-5-3-4-6-19(17)25(27)28/h3-12H,1-2H3,(H,23,26). The van der Waals surface area contributed by atoms with Gasteiger partial charge in [-0.3, -0.25) is 14.9 Å². The molecule has 0 aliphatic carbocycles. The van der Waals surface area contributed by atoms with Crippen molar-refractivity contribution in [2.24, 2.45) is 0 Å². The average Bonchev–Trinajstić information content (AvgIpc) is 3.11. The normalized spacial score (nSPS) is 10.8. The van der Waals surface area contributed by atoms with Gasteiger partial charge in [0.25, 0.3) is 11.6 Å². The van der Waals surface area contributed by atoms with Gasteiger partial charge < -0.3 is 9.73 Å². The Kier molecular flexibility index (Phi) is 4.56. The number of aromatic nitrogens is 1. The summed E-state index contributed by atoms with van der Waals surface area (Å²) in [5, 5.41) is 13.8. The summed E-state index contributed by atoms with van der Waals surface area (Å²) >= 11 is 0. The fraction of sp³-hybridized carbons (Fsp3) is 0.0909. The molecule has 1 amide bonds. The summed E-state index contributed by atoms with van der Waals surface area (Å²) < 4.78 is 5.85. The number of anilines is 1. The molecule has 0 bridgehead atoms. The summed E-state index contributed by atoms with van der Waals surface area (Å²) in [6.45, 7) is 4.04. The van der Waals surface area contributed by atoms with Crippen molar-refractivity contribution in [1.29, 1.82) is 0 Å². The predicted molar refractivity (Wildman–Crippen MR) is 110 cm³/mol. The highest BCUT2D eigenvalue weighted by atomic mass is 16.6. The van der Waals surface area contributed by atoms with Crippen LogP contribution in [0, 0.1) is 24.0 Å². The Labute approximate surface area is 166 Å². The van der Waals surface area contributed by atoms with Gasteiger partial charge in [-0.25, -0.2) is 4.98 Å². The van der Waals surface area contributed by atoms with Gasteiger partial charge in [-0.1, -0.05) is 12.1 Å². The number of nitrogens with one attached hydrogen (secondary N) is 1. The molecule has 1 aromatic heterocycles. The monoisotopic (exact) mass is 387 g/mol. The number of hydrogen-bond donors (Lipinski definition) is 1. The van der Waals surface area contributed by atoms with Crippen molar-refractivity contribution >= 4 is 28.4 Å². The van der Waals surface area contributed by atoms with Crippen LogP contribution in [-0.2, 0) is 0 Å². The molecule has 0 radical (unpaired) electrons. The Morgan fingerprint density at radius 1 is 1.03 bits per heavy atom. The van der Waals surface area contributed by atoms with Crippen molar-refractivity contribution < 1.29 is 14.1 Å². The molecule has 0 spiro atoms. The van der Waals surface area contributed by atoms with E-state index in [9.17, 15) is 14.9 Å². The van der Waals surface area contributed by atoms with Gasteiger partial charge in [-0.15, -0.1) is 0 Å². The van der Waals surface area contributed by atoms with E-state index >= 15 is 0 Å². The third-order valence-electron chi connectivity index (χ3n) is 4.74. The SMILES string of the molecule is Cc1cc2nc(-c3ccc(NC(=O)c4ccccc4[N+](=O)[O-])cc3)oc2cc1C. The molecule has 4 rings (SSSR count). The molecule has 7 heteroatoms. The lowest BCUT2D eigenvalue weighted by Crippen LogP contribution is -2.13. The van der Waals surface area contributed by atoms with Gasteiger partial charge in [0.15, 0.2) is 5.58 Å². The number of carbonyl (C=O) groups excluding carboxylic acids is 1. The van der Waals surface area contributed by atoms with Crippen LogP contribution in [-0.4, -0.2) is 15.8 Å². The predicted octanol–water partition coefficient (Wildman–Crippen LogP) is 5.27. The first kappa shape index (κ1) is 18.4. The topological polar surface area (TPSA) is 98.3 Å². The van der Waals surface area contributed by atoms with Crippen molar-refractivity contribution in [2.45, 2.75) is 13.8 Å². The third kappa shape index (κ3) is 3.58. The number of hydrogen-bond acceptors (Lipinski definition) is 5. The molecule has 7 nitrogen and oxygen atoms in total. The number of carbonyl (C=O) groups is 1. The molecule has 0 atom stereocenters. The lowest BCUT2D eigenvalue weighted by Gasteiger charge is -2.06. The molecule has 29 heavy (non-hydrogen) atoms. The second kappa shape index (κ2) is 7.20. The molecule has 0 fully saturated rings. The molecule has 0 aliphatic rings. The van der Waals surface area contributed by atoms with Gasteiger partial charge >= 0.3 is 0 Å². The van der Waals surface area contributed by atoms with E-state index in [4.69, 9.17) is 4.42 Å². The lowest BCUT2D eigenvalue weighted by atomic mass is 10.1. The van der Waals surface area contributed by atoms with Crippen LogP contribution in [0.5, 0.6) is 0 Å². The Balaban J connectivity index is 1.57. The second-order valence-corrected chi connectivity index (χ2v) is 6.73. The fourth-order valence-electron chi connectivity index (χ4n) is 3.02. The van der Waals surface area contributed by atoms with Gasteiger partial charge in [0.2, 0.25) is 5.89 Å². The molecule has 1 heterocycles. The van der Waals surface area contributed by atoms with Crippen molar-refractivity contribution in [3.05, 3.63) is 87.5 Å². The second-order valence-electron chi connectivity index (χ2n) is 6.73. The van der Waals surface area contributed by atoms with E-state index in [1.165, 1.54) is 18.2 Å². The van der Waals surface area contributed by atoms with Gasteiger partial charge in [0.1, 0.15) is 11.1 Å². The number of benzene rings is 3. The number of aryl methyl sites for hydroxylation is 2. The molecule has 1 N–H and O–H groups in total. The Hall–Kier alpha value is -4.00. The van der Waals surface area contributed by atoms with E-state index in [1.54, 1.807) is 30.3 Å². The molecular weight excluding hydrogens is 370 g/mol. The first-order chi connectivity index (χ1) is 13.9. The van der Waals surface area contributed by atoms with Crippen LogP contribution in [0.2, 0.25) is 0 Å². The van der Waals surface area contributed by atoms with E-state index in [0.29, 0.717) is 11.6 Å². The maximum Gasteiger partial charge on any atom is 0.282 e. The van der Waals surface area contributed by atoms with Crippen molar-refractivity contribution in [1.82, 2.24) is 4.98 Å². The zero-order valence-corrected chi connectivity index (χ0v) is 15.8. The lowest BCUT2D eigenvalue weighted by molar-refractivity contribution is -0.385. The molecule has 0 saturated heterocycles. The number of amides is 1.